The molecule has 2 fully saturated rings. The van der Waals surface area contributed by atoms with Gasteiger partial charge in [0.05, 0.1) is 12.9 Å². The number of carbonyl (C=O) groups is 1. The van der Waals surface area contributed by atoms with Crippen LogP contribution in [0.15, 0.2) is 12.7 Å². The number of nitrogens with zero attached hydrogens (tertiary/aromatic N) is 4. The minimum Gasteiger partial charge on any atom is -0.475 e. The smallest absolute Gasteiger partial charge is 0.475 e. The number of halogens is 3. The molecule has 1 aliphatic carbocycles. The molecule has 1 aliphatic heterocycles. The number of carboxylic acid groups (broad SMARTS) is 1. The Morgan fingerprint density at radius 2 is 1.81 bits per heavy atom. The fourth-order valence-electron chi connectivity index (χ4n) is 3.85. The molecule has 2 aromatic heterocycles. The van der Waals surface area contributed by atoms with Crippen molar-refractivity contribution in [1.82, 2.24) is 19.5 Å². The van der Waals surface area contributed by atoms with Crippen molar-refractivity contribution in [1.29, 1.82) is 0 Å². The number of anilines is 1. The van der Waals surface area contributed by atoms with Gasteiger partial charge < -0.3 is 25.4 Å². The molecule has 208 valence electrons. The fraction of sp³-hybridized carbons (Fsp3) is 0.684. The van der Waals surface area contributed by atoms with Crippen LogP contribution in [0.5, 0.6) is 0 Å². The van der Waals surface area contributed by atoms with Crippen LogP contribution >= 0.6 is 7.82 Å². The molecule has 2 aliphatic rings. The van der Waals surface area contributed by atoms with Crippen LogP contribution in [0, 0.1) is 0 Å². The Balaban J connectivity index is 0.000000479. The molecular weight excluding hydrogens is 530 g/mol. The third-order valence-corrected chi connectivity index (χ3v) is 7.11. The van der Waals surface area contributed by atoms with Crippen molar-refractivity contribution >= 4 is 30.8 Å². The number of aromatic nitrogens is 4. The Morgan fingerprint density at radius 3 is 2.38 bits per heavy atom. The quantitative estimate of drug-likeness (QED) is 0.345. The normalized spacial score (nSPS) is 24.7. The average molecular weight is 557 g/mol. The topological polar surface area (TPSA) is 187 Å². The summed E-state index contributed by atoms with van der Waals surface area (Å²) >= 11 is 0. The van der Waals surface area contributed by atoms with Gasteiger partial charge in [-0.25, -0.2) is 24.3 Å². The largest absolute Gasteiger partial charge is 0.490 e. The van der Waals surface area contributed by atoms with Crippen molar-refractivity contribution < 1.29 is 56.2 Å². The Kier molecular flexibility index (Phi) is 9.44. The molecule has 0 radical (unpaired) electrons. The molecule has 0 spiro atoms. The Labute approximate surface area is 208 Å². The second-order valence-corrected chi connectivity index (χ2v) is 10.0. The lowest BCUT2D eigenvalue weighted by Gasteiger charge is -2.18. The molecule has 0 aromatic carbocycles. The number of alkyl halides is 3. The molecule has 1 saturated carbocycles. The summed E-state index contributed by atoms with van der Waals surface area (Å²) in [6.07, 6.45) is -2.13. The van der Waals surface area contributed by atoms with Crippen molar-refractivity contribution in [3.8, 4) is 0 Å². The van der Waals surface area contributed by atoms with E-state index in [1.807, 2.05) is 0 Å². The SMILES string of the molecule is COP(=O)(OC)OC[C@H]1O[C@@H](n2cnc3c(NC4CCCC4)ncnc32)[C@H](O)[C@@H]1O.O=C(O)C(F)(F)F. The lowest BCUT2D eigenvalue weighted by atomic mass is 10.1. The summed E-state index contributed by atoms with van der Waals surface area (Å²) in [5.74, 6) is -2.13. The maximum atomic E-state index is 12.1. The highest BCUT2D eigenvalue weighted by molar-refractivity contribution is 7.48. The van der Waals surface area contributed by atoms with Crippen LogP contribution in [0.4, 0.5) is 19.0 Å². The fourth-order valence-corrected chi connectivity index (χ4v) is 4.54. The van der Waals surface area contributed by atoms with Gasteiger partial charge in [0, 0.05) is 20.3 Å². The van der Waals surface area contributed by atoms with Gasteiger partial charge in [0.15, 0.2) is 23.2 Å². The first-order valence-corrected chi connectivity index (χ1v) is 12.5. The zero-order chi connectivity index (χ0) is 27.4. The maximum Gasteiger partial charge on any atom is 0.490 e. The van der Waals surface area contributed by atoms with Crippen molar-refractivity contribution in [2.24, 2.45) is 0 Å². The summed E-state index contributed by atoms with van der Waals surface area (Å²) in [7, 11) is -1.38. The lowest BCUT2D eigenvalue weighted by molar-refractivity contribution is -0.192. The number of aliphatic hydroxyl groups is 2. The highest BCUT2D eigenvalue weighted by atomic mass is 31.2. The number of aliphatic hydroxyl groups excluding tert-OH is 2. The van der Waals surface area contributed by atoms with Crippen LogP contribution in [0.2, 0.25) is 0 Å². The summed E-state index contributed by atoms with van der Waals surface area (Å²) < 4.78 is 65.7. The van der Waals surface area contributed by atoms with E-state index in [0.29, 0.717) is 23.0 Å². The summed E-state index contributed by atoms with van der Waals surface area (Å²) in [5.41, 5.74) is 1.01. The first-order valence-electron chi connectivity index (χ1n) is 11.0. The molecule has 14 nitrogen and oxygen atoms in total. The van der Waals surface area contributed by atoms with Crippen molar-refractivity contribution in [3.63, 3.8) is 0 Å². The number of ether oxygens (including phenoxy) is 1. The van der Waals surface area contributed by atoms with E-state index in [-0.39, 0.29) is 6.61 Å². The number of fused-ring (bicyclic) bond motifs is 1. The monoisotopic (exact) mass is 557 g/mol. The molecule has 0 unspecified atom stereocenters. The van der Waals surface area contributed by atoms with Gasteiger partial charge in [-0.1, -0.05) is 12.8 Å². The van der Waals surface area contributed by atoms with Crippen LogP contribution in [-0.4, -0.2) is 92.2 Å². The van der Waals surface area contributed by atoms with Crippen LogP contribution < -0.4 is 5.32 Å². The van der Waals surface area contributed by atoms with E-state index in [2.05, 4.69) is 20.3 Å². The summed E-state index contributed by atoms with van der Waals surface area (Å²) in [6.45, 7) is -0.302. The van der Waals surface area contributed by atoms with E-state index in [0.717, 1.165) is 12.8 Å². The number of imidazole rings is 1. The molecule has 3 heterocycles. The summed E-state index contributed by atoms with van der Waals surface area (Å²) in [6, 6.07) is 0.349. The molecule has 37 heavy (non-hydrogen) atoms. The minimum atomic E-state index is -5.08. The van der Waals surface area contributed by atoms with Gasteiger partial charge in [0.2, 0.25) is 0 Å². The van der Waals surface area contributed by atoms with Gasteiger partial charge in [0.1, 0.15) is 24.6 Å². The van der Waals surface area contributed by atoms with Crippen molar-refractivity contribution in [2.45, 2.75) is 62.4 Å². The molecule has 4 N–H and O–H groups in total. The first-order chi connectivity index (χ1) is 17.4. The molecule has 2 aromatic rings. The zero-order valence-electron chi connectivity index (χ0n) is 19.7. The molecular formula is C19H27F3N5O9P. The Hall–Kier alpha value is -2.40. The molecule has 1 saturated heterocycles. The van der Waals surface area contributed by atoms with Crippen LogP contribution in [0.3, 0.4) is 0 Å². The number of phosphoric ester groups is 1. The number of phosphoric acid groups is 1. The van der Waals surface area contributed by atoms with E-state index in [9.17, 15) is 27.9 Å². The Bertz CT molecular complexity index is 1110. The van der Waals surface area contributed by atoms with E-state index >= 15 is 0 Å². The van der Waals surface area contributed by atoms with E-state index in [4.69, 9.17) is 28.2 Å². The Morgan fingerprint density at radius 1 is 1.19 bits per heavy atom. The molecule has 0 amide bonds. The predicted octanol–water partition coefficient (Wildman–Crippen LogP) is 1.85. The van der Waals surface area contributed by atoms with Gasteiger partial charge >= 0.3 is 20.0 Å². The molecule has 4 atom stereocenters. The number of rotatable bonds is 8. The number of hydrogen-bond acceptors (Lipinski definition) is 12. The van der Waals surface area contributed by atoms with Crippen LogP contribution in [0.25, 0.3) is 11.2 Å². The first kappa shape index (κ1) is 29.2. The average Bonchev–Trinajstić information content (AvgIpc) is 3.59. The van der Waals surface area contributed by atoms with E-state index in [1.165, 1.54) is 44.3 Å². The predicted molar refractivity (Wildman–Crippen MR) is 118 cm³/mol. The summed E-state index contributed by atoms with van der Waals surface area (Å²) in [5, 5.41) is 31.4. The number of nitrogens with one attached hydrogen (secondary N) is 1. The highest BCUT2D eigenvalue weighted by Crippen LogP contribution is 2.48. The third kappa shape index (κ3) is 6.93. The molecule has 18 heteroatoms. The molecule has 4 rings (SSSR count). The number of aliphatic carboxylic acids is 1. The van der Waals surface area contributed by atoms with E-state index < -0.39 is 44.5 Å². The second kappa shape index (κ2) is 12.0. The van der Waals surface area contributed by atoms with E-state index in [1.54, 1.807) is 0 Å². The van der Waals surface area contributed by atoms with Crippen LogP contribution in [-0.2, 0) is 27.7 Å². The lowest BCUT2D eigenvalue weighted by Crippen LogP contribution is -2.33. The third-order valence-electron chi connectivity index (χ3n) is 5.75. The van der Waals surface area contributed by atoms with Gasteiger partial charge in [-0.15, -0.1) is 0 Å². The highest BCUT2D eigenvalue weighted by Gasteiger charge is 2.45. The van der Waals surface area contributed by atoms with Crippen LogP contribution in [0.1, 0.15) is 31.9 Å². The maximum absolute atomic E-state index is 12.1. The zero-order valence-corrected chi connectivity index (χ0v) is 20.6. The van der Waals surface area contributed by atoms with Gasteiger partial charge in [-0.3, -0.25) is 18.1 Å². The number of hydrogen-bond donors (Lipinski definition) is 4. The standard InChI is InChI=1S/C17H26N5O7P.C2HF3O2/c1-26-30(25,27-2)28-7-11-13(23)14(24)17(29-11)22-9-20-12-15(18-8-19-16(12)22)21-10-5-3-4-6-10;3-2(4,5)1(6)7/h8-11,13-14,17,23-24H,3-7H2,1-2H3,(H,18,19,21);(H,6,7)/t11-,13-,14-,17-;/m1./s1. The van der Waals surface area contributed by atoms with Crippen molar-refractivity contribution in [3.05, 3.63) is 12.7 Å². The molecule has 0 bridgehead atoms. The van der Waals surface area contributed by atoms with Gasteiger partial charge in [-0.05, 0) is 12.8 Å². The number of carboxylic acids is 1. The van der Waals surface area contributed by atoms with Gasteiger partial charge in [0.25, 0.3) is 0 Å². The van der Waals surface area contributed by atoms with Gasteiger partial charge in [-0.2, -0.15) is 13.2 Å². The second-order valence-electron chi connectivity index (χ2n) is 8.13. The van der Waals surface area contributed by atoms with Crippen molar-refractivity contribution in [2.75, 3.05) is 26.1 Å². The minimum absolute atomic E-state index is 0.302. The summed E-state index contributed by atoms with van der Waals surface area (Å²) in [4.78, 5) is 21.9.